The number of hydrogen-bond donors (Lipinski definition) is 2. The molecule has 0 spiro atoms. The number of thioether (sulfide) groups is 1. The monoisotopic (exact) mass is 257 g/mol. The molecule has 0 unspecified atom stereocenters. The molecule has 0 saturated carbocycles. The number of anilines is 1. The highest BCUT2D eigenvalue weighted by Gasteiger charge is 2.06. The summed E-state index contributed by atoms with van der Waals surface area (Å²) in [5.74, 6) is 2.06. The van der Waals surface area contributed by atoms with E-state index in [-0.39, 0.29) is 0 Å². The number of nitrogen functional groups attached to an aromatic ring is 1. The summed E-state index contributed by atoms with van der Waals surface area (Å²) in [5.41, 5.74) is 7.75. The average Bonchev–Trinajstić information content (AvgIpc) is 2.80. The fourth-order valence-electron chi connectivity index (χ4n) is 1.66. The molecule has 3 N–H and O–H groups in total. The predicted octanol–water partition coefficient (Wildman–Crippen LogP) is 2.23. The van der Waals surface area contributed by atoms with Crippen LogP contribution < -0.4 is 5.73 Å². The van der Waals surface area contributed by atoms with Gasteiger partial charge in [0.05, 0.1) is 16.8 Å². The number of aromatic amines is 1. The van der Waals surface area contributed by atoms with Gasteiger partial charge in [0.2, 0.25) is 0 Å². The highest BCUT2D eigenvalue weighted by Crippen LogP contribution is 2.23. The van der Waals surface area contributed by atoms with Crippen molar-refractivity contribution in [1.29, 1.82) is 0 Å². The fraction of sp³-hybridized carbons (Fsp3) is 0.0833. The maximum absolute atomic E-state index is 5.73. The minimum Gasteiger partial charge on any atom is -0.381 e. The van der Waals surface area contributed by atoms with Crippen molar-refractivity contribution in [3.8, 4) is 0 Å². The third-order valence-corrected chi connectivity index (χ3v) is 3.48. The highest BCUT2D eigenvalue weighted by atomic mass is 32.2. The minimum atomic E-state index is 0.457. The van der Waals surface area contributed by atoms with Crippen molar-refractivity contribution in [2.24, 2.45) is 0 Å². The summed E-state index contributed by atoms with van der Waals surface area (Å²) < 4.78 is 0. The number of imidazole rings is 1. The van der Waals surface area contributed by atoms with Gasteiger partial charge in [-0.25, -0.2) is 15.0 Å². The molecular formula is C12H11N5S. The zero-order valence-electron chi connectivity index (χ0n) is 9.50. The number of para-hydroxylation sites is 2. The summed E-state index contributed by atoms with van der Waals surface area (Å²) in [7, 11) is 0. The first kappa shape index (κ1) is 11.0. The van der Waals surface area contributed by atoms with E-state index in [1.807, 2.05) is 24.3 Å². The van der Waals surface area contributed by atoms with Crippen molar-refractivity contribution in [3.63, 3.8) is 0 Å². The first-order chi connectivity index (χ1) is 8.83. The topological polar surface area (TPSA) is 80.5 Å². The summed E-state index contributed by atoms with van der Waals surface area (Å²) in [6, 6.07) is 7.95. The maximum Gasteiger partial charge on any atom is 0.156 e. The van der Waals surface area contributed by atoms with Crippen LogP contribution in [0.1, 0.15) is 5.82 Å². The molecule has 0 aliphatic carbocycles. The van der Waals surface area contributed by atoms with Crippen LogP contribution in [0, 0.1) is 0 Å². The average molecular weight is 257 g/mol. The second kappa shape index (κ2) is 4.66. The van der Waals surface area contributed by atoms with Crippen LogP contribution in [-0.4, -0.2) is 19.9 Å². The molecule has 0 aliphatic heterocycles. The van der Waals surface area contributed by atoms with E-state index in [1.165, 1.54) is 11.8 Å². The standard InChI is InChI=1S/C12H11N5S/c13-11-12(15-6-5-14-11)18-7-10-16-8-3-1-2-4-9(8)17-10/h1-6H,7H2,(H2,13,14)(H,16,17). The van der Waals surface area contributed by atoms with E-state index < -0.39 is 0 Å². The molecular weight excluding hydrogens is 246 g/mol. The molecule has 6 heteroatoms. The summed E-state index contributed by atoms with van der Waals surface area (Å²) in [5, 5.41) is 0.734. The number of hydrogen-bond acceptors (Lipinski definition) is 5. The lowest BCUT2D eigenvalue weighted by molar-refractivity contribution is 1.06. The molecule has 0 saturated heterocycles. The number of aromatic nitrogens is 4. The van der Waals surface area contributed by atoms with Crippen LogP contribution >= 0.6 is 11.8 Å². The van der Waals surface area contributed by atoms with Crippen LogP contribution in [-0.2, 0) is 5.75 Å². The zero-order valence-corrected chi connectivity index (χ0v) is 10.3. The molecule has 0 bridgehead atoms. The van der Waals surface area contributed by atoms with E-state index in [2.05, 4.69) is 19.9 Å². The van der Waals surface area contributed by atoms with Crippen molar-refractivity contribution < 1.29 is 0 Å². The van der Waals surface area contributed by atoms with Gasteiger partial charge >= 0.3 is 0 Å². The second-order valence-electron chi connectivity index (χ2n) is 3.74. The SMILES string of the molecule is Nc1nccnc1SCc1nc2ccccc2[nH]1. The van der Waals surface area contributed by atoms with Gasteiger partial charge in [-0.15, -0.1) is 0 Å². The van der Waals surface area contributed by atoms with Gasteiger partial charge in [-0.2, -0.15) is 0 Å². The lowest BCUT2D eigenvalue weighted by Crippen LogP contribution is -1.95. The molecule has 0 fully saturated rings. The van der Waals surface area contributed by atoms with Crippen LogP contribution in [0.15, 0.2) is 41.7 Å². The summed E-state index contributed by atoms with van der Waals surface area (Å²) in [6.45, 7) is 0. The quantitative estimate of drug-likeness (QED) is 0.703. The van der Waals surface area contributed by atoms with Crippen molar-refractivity contribution >= 4 is 28.6 Å². The minimum absolute atomic E-state index is 0.457. The Kier molecular flexibility index (Phi) is 2.85. The normalized spacial score (nSPS) is 10.9. The molecule has 3 rings (SSSR count). The van der Waals surface area contributed by atoms with Gasteiger partial charge < -0.3 is 10.7 Å². The van der Waals surface area contributed by atoms with E-state index in [1.54, 1.807) is 12.4 Å². The number of nitrogens with one attached hydrogen (secondary N) is 1. The molecule has 2 aromatic heterocycles. The molecule has 2 heterocycles. The Bertz CT molecular complexity index is 646. The number of nitrogens with two attached hydrogens (primary N) is 1. The zero-order chi connectivity index (χ0) is 12.4. The van der Waals surface area contributed by atoms with E-state index in [0.717, 1.165) is 21.9 Å². The lowest BCUT2D eigenvalue weighted by Gasteiger charge is -2.00. The van der Waals surface area contributed by atoms with Crippen molar-refractivity contribution in [3.05, 3.63) is 42.5 Å². The van der Waals surface area contributed by atoms with E-state index >= 15 is 0 Å². The first-order valence-corrected chi connectivity index (χ1v) is 6.44. The van der Waals surface area contributed by atoms with Gasteiger partial charge in [0.1, 0.15) is 10.9 Å². The molecule has 1 aromatic carbocycles. The van der Waals surface area contributed by atoms with Crippen molar-refractivity contribution in [2.45, 2.75) is 10.8 Å². The van der Waals surface area contributed by atoms with Gasteiger partial charge in [0.25, 0.3) is 0 Å². The van der Waals surface area contributed by atoms with E-state index in [4.69, 9.17) is 5.73 Å². The number of H-pyrrole nitrogens is 1. The molecule has 90 valence electrons. The fourth-order valence-corrected chi connectivity index (χ4v) is 2.40. The smallest absolute Gasteiger partial charge is 0.156 e. The van der Waals surface area contributed by atoms with Gasteiger partial charge in [-0.05, 0) is 12.1 Å². The number of fused-ring (bicyclic) bond motifs is 1. The highest BCUT2D eigenvalue weighted by molar-refractivity contribution is 7.98. The number of rotatable bonds is 3. The van der Waals surface area contributed by atoms with Crippen LogP contribution in [0.3, 0.4) is 0 Å². The Morgan fingerprint density at radius 1 is 1.17 bits per heavy atom. The summed E-state index contributed by atoms with van der Waals surface area (Å²) >= 11 is 1.52. The Morgan fingerprint density at radius 3 is 2.83 bits per heavy atom. The molecule has 5 nitrogen and oxygen atoms in total. The van der Waals surface area contributed by atoms with Crippen molar-refractivity contribution in [2.75, 3.05) is 5.73 Å². The molecule has 0 radical (unpaired) electrons. The van der Waals surface area contributed by atoms with E-state index in [9.17, 15) is 0 Å². The summed E-state index contributed by atoms with van der Waals surface area (Å²) in [6.07, 6.45) is 3.22. The molecule has 0 atom stereocenters. The molecule has 0 amide bonds. The first-order valence-electron chi connectivity index (χ1n) is 5.46. The molecule has 18 heavy (non-hydrogen) atoms. The molecule has 0 aliphatic rings. The maximum atomic E-state index is 5.73. The van der Waals surface area contributed by atoms with Crippen LogP contribution in [0.25, 0.3) is 11.0 Å². The number of nitrogens with zero attached hydrogens (tertiary/aromatic N) is 3. The van der Waals surface area contributed by atoms with Crippen LogP contribution in [0.2, 0.25) is 0 Å². The van der Waals surface area contributed by atoms with E-state index in [0.29, 0.717) is 11.6 Å². The Hall–Kier alpha value is -2.08. The molecule has 3 aromatic rings. The van der Waals surface area contributed by atoms with Gasteiger partial charge in [0, 0.05) is 12.4 Å². The Morgan fingerprint density at radius 2 is 2.00 bits per heavy atom. The summed E-state index contributed by atoms with van der Waals surface area (Å²) in [4.78, 5) is 15.9. The predicted molar refractivity (Wildman–Crippen MR) is 72.1 cm³/mol. The second-order valence-corrected chi connectivity index (χ2v) is 4.70. The Balaban J connectivity index is 1.79. The van der Waals surface area contributed by atoms with Crippen molar-refractivity contribution in [1.82, 2.24) is 19.9 Å². The lowest BCUT2D eigenvalue weighted by atomic mass is 10.3. The van der Waals surface area contributed by atoms with Crippen LogP contribution in [0.5, 0.6) is 0 Å². The number of benzene rings is 1. The Labute approximate surface area is 108 Å². The van der Waals surface area contributed by atoms with Crippen LogP contribution in [0.4, 0.5) is 5.82 Å². The third-order valence-electron chi connectivity index (χ3n) is 2.48. The van der Waals surface area contributed by atoms with Gasteiger partial charge in [-0.1, -0.05) is 23.9 Å². The van der Waals surface area contributed by atoms with Gasteiger partial charge in [0.15, 0.2) is 5.82 Å². The third kappa shape index (κ3) is 2.14. The van der Waals surface area contributed by atoms with Gasteiger partial charge in [-0.3, -0.25) is 0 Å². The largest absolute Gasteiger partial charge is 0.381 e.